The van der Waals surface area contributed by atoms with Gasteiger partial charge >= 0.3 is 5.97 Å². The summed E-state index contributed by atoms with van der Waals surface area (Å²) in [6, 6.07) is 7.25. The quantitative estimate of drug-likeness (QED) is 0.811. The van der Waals surface area contributed by atoms with E-state index in [-0.39, 0.29) is 12.1 Å². The van der Waals surface area contributed by atoms with Crippen molar-refractivity contribution in [2.75, 3.05) is 27.4 Å². The van der Waals surface area contributed by atoms with Crippen LogP contribution in [0, 0.1) is 0 Å². The Labute approximate surface area is 112 Å². The average molecular weight is 265 g/mol. The SMILES string of the molecule is COC(=O)c1ccc(OC[C@@H]2C[C@@H](OC)CN2)cc1. The molecule has 1 aromatic carbocycles. The first-order valence-electron chi connectivity index (χ1n) is 6.30. The summed E-state index contributed by atoms with van der Waals surface area (Å²) < 4.78 is 15.6. The first-order valence-corrected chi connectivity index (χ1v) is 6.30. The molecule has 104 valence electrons. The van der Waals surface area contributed by atoms with E-state index in [4.69, 9.17) is 9.47 Å². The van der Waals surface area contributed by atoms with Gasteiger partial charge in [0, 0.05) is 19.7 Å². The first kappa shape index (κ1) is 13.8. The summed E-state index contributed by atoms with van der Waals surface area (Å²) in [7, 11) is 3.09. The van der Waals surface area contributed by atoms with Crippen LogP contribution in [0.1, 0.15) is 16.8 Å². The number of rotatable bonds is 5. The average Bonchev–Trinajstić information content (AvgIpc) is 2.93. The van der Waals surface area contributed by atoms with Crippen molar-refractivity contribution in [1.82, 2.24) is 5.32 Å². The van der Waals surface area contributed by atoms with E-state index in [0.717, 1.165) is 18.7 Å². The molecule has 0 saturated carbocycles. The van der Waals surface area contributed by atoms with Crippen molar-refractivity contribution in [3.8, 4) is 5.75 Å². The van der Waals surface area contributed by atoms with Crippen molar-refractivity contribution < 1.29 is 19.0 Å². The molecule has 5 nitrogen and oxygen atoms in total. The summed E-state index contributed by atoms with van der Waals surface area (Å²) in [6.07, 6.45) is 1.23. The number of methoxy groups -OCH3 is 2. The maximum Gasteiger partial charge on any atom is 0.337 e. The number of nitrogens with one attached hydrogen (secondary N) is 1. The zero-order chi connectivity index (χ0) is 13.7. The van der Waals surface area contributed by atoms with E-state index in [2.05, 4.69) is 10.1 Å². The van der Waals surface area contributed by atoms with Gasteiger partial charge in [-0.1, -0.05) is 0 Å². The smallest absolute Gasteiger partial charge is 0.337 e. The molecule has 0 aromatic heterocycles. The minimum Gasteiger partial charge on any atom is -0.492 e. The lowest BCUT2D eigenvalue weighted by molar-refractivity contribution is 0.0600. The number of benzene rings is 1. The van der Waals surface area contributed by atoms with Gasteiger partial charge in [-0.2, -0.15) is 0 Å². The lowest BCUT2D eigenvalue weighted by Crippen LogP contribution is -2.28. The van der Waals surface area contributed by atoms with Crippen LogP contribution in [0.15, 0.2) is 24.3 Å². The van der Waals surface area contributed by atoms with E-state index in [9.17, 15) is 4.79 Å². The fraction of sp³-hybridized carbons (Fsp3) is 0.500. The van der Waals surface area contributed by atoms with Crippen LogP contribution in [-0.2, 0) is 9.47 Å². The summed E-state index contributed by atoms with van der Waals surface area (Å²) in [5.74, 6) is 0.405. The van der Waals surface area contributed by atoms with Crippen molar-refractivity contribution in [2.45, 2.75) is 18.6 Å². The minimum absolute atomic E-state index is 0.273. The van der Waals surface area contributed by atoms with Crippen molar-refractivity contribution in [1.29, 1.82) is 0 Å². The molecule has 1 aliphatic rings. The highest BCUT2D eigenvalue weighted by atomic mass is 16.5. The van der Waals surface area contributed by atoms with Gasteiger partial charge in [-0.15, -0.1) is 0 Å². The standard InChI is InChI=1S/C14H19NO4/c1-17-13-7-11(15-8-13)9-19-12-5-3-10(4-6-12)14(16)18-2/h3-6,11,13,15H,7-9H2,1-2H3/t11-,13+/m0/s1. The first-order chi connectivity index (χ1) is 9.22. The zero-order valence-corrected chi connectivity index (χ0v) is 11.2. The summed E-state index contributed by atoms with van der Waals surface area (Å²) in [5.41, 5.74) is 0.522. The van der Waals surface area contributed by atoms with E-state index < -0.39 is 0 Å². The molecule has 2 atom stereocenters. The number of hydrogen-bond acceptors (Lipinski definition) is 5. The van der Waals surface area contributed by atoms with E-state index >= 15 is 0 Å². The molecule has 0 bridgehead atoms. The fourth-order valence-electron chi connectivity index (χ4n) is 2.09. The monoisotopic (exact) mass is 265 g/mol. The van der Waals surface area contributed by atoms with Gasteiger partial charge in [0.05, 0.1) is 18.8 Å². The number of ether oxygens (including phenoxy) is 3. The lowest BCUT2D eigenvalue weighted by Gasteiger charge is -2.12. The van der Waals surface area contributed by atoms with Gasteiger partial charge in [-0.25, -0.2) is 4.79 Å². The van der Waals surface area contributed by atoms with Crippen LogP contribution in [0.3, 0.4) is 0 Å². The zero-order valence-electron chi connectivity index (χ0n) is 11.2. The van der Waals surface area contributed by atoms with E-state index in [1.54, 1.807) is 31.4 Å². The number of hydrogen-bond donors (Lipinski definition) is 1. The minimum atomic E-state index is -0.341. The molecule has 1 heterocycles. The summed E-state index contributed by atoms with van der Waals surface area (Å²) in [5, 5.41) is 3.34. The predicted molar refractivity (Wildman–Crippen MR) is 70.5 cm³/mol. The van der Waals surface area contributed by atoms with E-state index in [0.29, 0.717) is 18.2 Å². The van der Waals surface area contributed by atoms with Gasteiger partial charge < -0.3 is 19.5 Å². The van der Waals surface area contributed by atoms with Crippen molar-refractivity contribution >= 4 is 5.97 Å². The third-order valence-corrected chi connectivity index (χ3v) is 3.24. The molecule has 0 amide bonds. The highest BCUT2D eigenvalue weighted by Gasteiger charge is 2.23. The third kappa shape index (κ3) is 3.68. The second-order valence-electron chi connectivity index (χ2n) is 4.53. The molecule has 1 aliphatic heterocycles. The van der Waals surface area contributed by atoms with Gasteiger partial charge in [0.1, 0.15) is 12.4 Å². The lowest BCUT2D eigenvalue weighted by atomic mass is 10.2. The maximum absolute atomic E-state index is 11.3. The number of esters is 1. The summed E-state index contributed by atoms with van der Waals surface area (Å²) >= 11 is 0. The molecule has 0 aliphatic carbocycles. The highest BCUT2D eigenvalue weighted by Crippen LogP contribution is 2.15. The normalized spacial score (nSPS) is 22.2. The van der Waals surface area contributed by atoms with E-state index in [1.807, 2.05) is 0 Å². The molecular weight excluding hydrogens is 246 g/mol. The van der Waals surface area contributed by atoms with Crippen LogP contribution in [-0.4, -0.2) is 45.5 Å². The van der Waals surface area contributed by atoms with E-state index in [1.165, 1.54) is 7.11 Å². The van der Waals surface area contributed by atoms with Crippen LogP contribution in [0.2, 0.25) is 0 Å². The topological polar surface area (TPSA) is 56.8 Å². The van der Waals surface area contributed by atoms with Gasteiger partial charge in [0.25, 0.3) is 0 Å². The maximum atomic E-state index is 11.3. The largest absolute Gasteiger partial charge is 0.492 e. The van der Waals surface area contributed by atoms with Crippen LogP contribution < -0.4 is 10.1 Å². The van der Waals surface area contributed by atoms with Crippen molar-refractivity contribution in [2.24, 2.45) is 0 Å². The molecule has 2 rings (SSSR count). The van der Waals surface area contributed by atoms with Gasteiger partial charge in [-0.05, 0) is 30.7 Å². The second kappa shape index (κ2) is 6.54. The Morgan fingerprint density at radius 2 is 2.05 bits per heavy atom. The van der Waals surface area contributed by atoms with Crippen LogP contribution in [0.4, 0.5) is 0 Å². The fourth-order valence-corrected chi connectivity index (χ4v) is 2.09. The predicted octanol–water partition coefficient (Wildman–Crippen LogP) is 1.23. The molecule has 1 aromatic rings. The van der Waals surface area contributed by atoms with Gasteiger partial charge in [0.2, 0.25) is 0 Å². The van der Waals surface area contributed by atoms with Gasteiger partial charge in [-0.3, -0.25) is 0 Å². The Morgan fingerprint density at radius 1 is 1.32 bits per heavy atom. The molecule has 19 heavy (non-hydrogen) atoms. The van der Waals surface area contributed by atoms with Crippen LogP contribution in [0.25, 0.3) is 0 Å². The summed E-state index contributed by atoms with van der Waals surface area (Å²) in [6.45, 7) is 1.46. The third-order valence-electron chi connectivity index (χ3n) is 3.24. The molecule has 0 unspecified atom stereocenters. The number of carbonyl (C=O) groups is 1. The summed E-state index contributed by atoms with van der Waals surface area (Å²) in [4.78, 5) is 11.3. The Morgan fingerprint density at radius 3 is 2.63 bits per heavy atom. The van der Waals surface area contributed by atoms with Crippen LogP contribution in [0.5, 0.6) is 5.75 Å². The molecular formula is C14H19NO4. The number of carbonyl (C=O) groups excluding carboxylic acids is 1. The molecule has 1 fully saturated rings. The van der Waals surface area contributed by atoms with Crippen LogP contribution >= 0.6 is 0 Å². The Balaban J connectivity index is 1.82. The Hall–Kier alpha value is -1.59. The molecule has 1 N–H and O–H groups in total. The second-order valence-corrected chi connectivity index (χ2v) is 4.53. The molecule has 1 saturated heterocycles. The highest BCUT2D eigenvalue weighted by molar-refractivity contribution is 5.89. The molecule has 5 heteroatoms. The van der Waals surface area contributed by atoms with Crippen molar-refractivity contribution in [3.05, 3.63) is 29.8 Å². The molecule has 0 spiro atoms. The molecule has 0 radical (unpaired) electrons. The van der Waals surface area contributed by atoms with Gasteiger partial charge in [0.15, 0.2) is 0 Å². The Kier molecular flexibility index (Phi) is 4.76. The Bertz CT molecular complexity index is 418. The van der Waals surface area contributed by atoms with Crippen molar-refractivity contribution in [3.63, 3.8) is 0 Å².